The Morgan fingerprint density at radius 1 is 1.09 bits per heavy atom. The molecule has 33 heavy (non-hydrogen) atoms. The Morgan fingerprint density at radius 3 is 2.45 bits per heavy atom. The molecule has 0 bridgehead atoms. The maximum Gasteiger partial charge on any atom is 0.268 e. The average Bonchev–Trinajstić information content (AvgIpc) is 3.18. The van der Waals surface area contributed by atoms with E-state index in [9.17, 15) is 9.59 Å². The first-order valence-corrected chi connectivity index (χ1v) is 11.4. The molecule has 2 N–H and O–H groups in total. The summed E-state index contributed by atoms with van der Waals surface area (Å²) in [5, 5.41) is 15.9. The largest absolute Gasteiger partial charge is 0.348 e. The normalized spacial score (nSPS) is 14.8. The van der Waals surface area contributed by atoms with Crippen LogP contribution in [0.2, 0.25) is 0 Å². The van der Waals surface area contributed by atoms with Gasteiger partial charge in [-0.1, -0.05) is 18.2 Å². The van der Waals surface area contributed by atoms with Gasteiger partial charge in [-0.3, -0.25) is 9.59 Å². The van der Waals surface area contributed by atoms with Crippen molar-refractivity contribution in [2.24, 2.45) is 0 Å². The van der Waals surface area contributed by atoms with E-state index in [1.54, 1.807) is 28.8 Å². The minimum atomic E-state index is -0.236. The highest BCUT2D eigenvalue weighted by Crippen LogP contribution is 2.21. The zero-order valence-electron chi connectivity index (χ0n) is 19.0. The molecule has 2 amide bonds. The molecule has 170 valence electrons. The minimum Gasteiger partial charge on any atom is -0.348 e. The molecule has 7 heteroatoms. The lowest BCUT2D eigenvalue weighted by Crippen LogP contribution is -2.47. The second-order valence-electron chi connectivity index (χ2n) is 8.79. The number of fused-ring (bicyclic) bond motifs is 1. The molecule has 1 aliphatic rings. The van der Waals surface area contributed by atoms with Crippen molar-refractivity contribution >= 4 is 28.4 Å². The van der Waals surface area contributed by atoms with Gasteiger partial charge < -0.3 is 20.1 Å². The van der Waals surface area contributed by atoms with Crippen molar-refractivity contribution in [3.05, 3.63) is 65.9 Å². The molecule has 4 rings (SSSR count). The number of para-hydroxylation sites is 1. The Hall–Kier alpha value is -3.63. The smallest absolute Gasteiger partial charge is 0.268 e. The van der Waals surface area contributed by atoms with Crippen LogP contribution in [0.15, 0.2) is 54.6 Å². The number of likely N-dealkylation sites (tertiary alicyclic amines) is 1. The molecule has 2 heterocycles. The van der Waals surface area contributed by atoms with Crippen LogP contribution in [0.4, 0.5) is 5.69 Å². The monoisotopic (exact) mass is 443 g/mol. The van der Waals surface area contributed by atoms with Gasteiger partial charge in [0, 0.05) is 41.8 Å². The van der Waals surface area contributed by atoms with Crippen molar-refractivity contribution in [1.82, 2.24) is 14.8 Å². The predicted octanol–water partition coefficient (Wildman–Crippen LogP) is 3.75. The molecular weight excluding hydrogens is 414 g/mol. The summed E-state index contributed by atoms with van der Waals surface area (Å²) in [6, 6.07) is 19.0. The third-order valence-electron chi connectivity index (χ3n) is 6.24. The van der Waals surface area contributed by atoms with Gasteiger partial charge in [0.15, 0.2) is 0 Å². The number of carbonyl (C=O) groups excluding carboxylic acids is 2. The molecule has 1 aromatic heterocycles. The third kappa shape index (κ3) is 5.24. The number of nitrogens with zero attached hydrogens (tertiary/aromatic N) is 3. The van der Waals surface area contributed by atoms with Gasteiger partial charge in [0.25, 0.3) is 5.91 Å². The number of carbonyl (C=O) groups is 2. The predicted molar refractivity (Wildman–Crippen MR) is 129 cm³/mol. The van der Waals surface area contributed by atoms with Gasteiger partial charge in [-0.2, -0.15) is 5.26 Å². The van der Waals surface area contributed by atoms with Crippen LogP contribution in [0.1, 0.15) is 42.7 Å². The molecule has 7 nitrogen and oxygen atoms in total. The van der Waals surface area contributed by atoms with Crippen LogP contribution in [-0.4, -0.2) is 46.5 Å². The van der Waals surface area contributed by atoms with Crippen LogP contribution in [0.5, 0.6) is 0 Å². The van der Waals surface area contributed by atoms with Crippen LogP contribution >= 0.6 is 0 Å². The number of amides is 2. The summed E-state index contributed by atoms with van der Waals surface area (Å²) >= 11 is 0. The van der Waals surface area contributed by atoms with Gasteiger partial charge in [-0.05, 0) is 63.1 Å². The first-order chi connectivity index (χ1) is 15.9. The highest BCUT2D eigenvalue weighted by atomic mass is 16.2. The molecule has 1 saturated heterocycles. The number of piperidine rings is 1. The Balaban J connectivity index is 1.50. The quantitative estimate of drug-likeness (QED) is 0.607. The number of hydrogen-bond donors (Lipinski definition) is 2. The molecule has 0 radical (unpaired) electrons. The van der Waals surface area contributed by atoms with E-state index in [2.05, 4.69) is 35.5 Å². The van der Waals surface area contributed by atoms with E-state index in [0.29, 0.717) is 23.0 Å². The maximum atomic E-state index is 13.2. The maximum absolute atomic E-state index is 13.2. The highest BCUT2D eigenvalue weighted by Gasteiger charge is 2.24. The number of hydrogen-bond acceptors (Lipinski definition) is 4. The molecule has 0 atom stereocenters. The summed E-state index contributed by atoms with van der Waals surface area (Å²) in [5.74, 6) is -0.388. The Bertz CT molecular complexity index is 1180. The molecule has 1 fully saturated rings. The van der Waals surface area contributed by atoms with Crippen LogP contribution < -0.4 is 10.6 Å². The number of rotatable bonds is 6. The number of nitriles is 1. The fourth-order valence-corrected chi connectivity index (χ4v) is 4.36. The first-order valence-electron chi connectivity index (χ1n) is 11.4. The second-order valence-corrected chi connectivity index (χ2v) is 8.79. The lowest BCUT2D eigenvalue weighted by molar-refractivity contribution is -0.116. The van der Waals surface area contributed by atoms with Crippen molar-refractivity contribution in [2.45, 2.75) is 45.3 Å². The summed E-state index contributed by atoms with van der Waals surface area (Å²) in [6.07, 6.45) is 1.84. The lowest BCUT2D eigenvalue weighted by atomic mass is 10.0. The van der Waals surface area contributed by atoms with E-state index in [1.807, 2.05) is 30.3 Å². The molecule has 0 saturated carbocycles. The van der Waals surface area contributed by atoms with Crippen LogP contribution in [0.25, 0.3) is 10.9 Å². The van der Waals surface area contributed by atoms with E-state index < -0.39 is 0 Å². The van der Waals surface area contributed by atoms with Gasteiger partial charge in [-0.15, -0.1) is 0 Å². The van der Waals surface area contributed by atoms with Crippen LogP contribution in [0.3, 0.4) is 0 Å². The molecular formula is C26H29N5O2. The third-order valence-corrected chi connectivity index (χ3v) is 6.24. The minimum absolute atomic E-state index is 0.0159. The summed E-state index contributed by atoms with van der Waals surface area (Å²) in [7, 11) is 0. The fraction of sp³-hybridized carbons (Fsp3) is 0.346. The number of aromatic nitrogens is 1. The van der Waals surface area contributed by atoms with Crippen LogP contribution in [-0.2, 0) is 11.3 Å². The molecule has 2 aromatic carbocycles. The highest BCUT2D eigenvalue weighted by molar-refractivity contribution is 6.00. The van der Waals surface area contributed by atoms with Gasteiger partial charge in [-0.25, -0.2) is 0 Å². The molecule has 0 spiro atoms. The first kappa shape index (κ1) is 22.6. The van der Waals surface area contributed by atoms with E-state index in [-0.39, 0.29) is 24.4 Å². The summed E-state index contributed by atoms with van der Waals surface area (Å²) in [4.78, 5) is 28.5. The van der Waals surface area contributed by atoms with Crippen molar-refractivity contribution in [2.75, 3.05) is 18.4 Å². The number of nitrogens with one attached hydrogen (secondary N) is 2. The standard InChI is InChI=1S/C26H29N5O2/c1-18(2)30-13-11-22(12-14-30)29-26(33)24-15-20-5-3-4-6-23(20)31(24)17-25(32)28-21-9-7-19(16-27)8-10-21/h3-10,15,18,22H,11-14,17H2,1-2H3,(H,28,32)(H,29,33). The fourth-order valence-electron chi connectivity index (χ4n) is 4.36. The number of anilines is 1. The van der Waals surface area contributed by atoms with E-state index in [4.69, 9.17) is 5.26 Å². The van der Waals surface area contributed by atoms with E-state index >= 15 is 0 Å². The Morgan fingerprint density at radius 2 is 1.79 bits per heavy atom. The van der Waals surface area contributed by atoms with Gasteiger partial charge in [0.2, 0.25) is 5.91 Å². The molecule has 3 aromatic rings. The number of benzene rings is 2. The average molecular weight is 444 g/mol. The summed E-state index contributed by atoms with van der Waals surface area (Å²) in [5.41, 5.74) is 2.46. The Kier molecular flexibility index (Phi) is 6.76. The lowest BCUT2D eigenvalue weighted by Gasteiger charge is -2.34. The molecule has 0 aliphatic carbocycles. The zero-order chi connectivity index (χ0) is 23.4. The van der Waals surface area contributed by atoms with Crippen LogP contribution in [0, 0.1) is 11.3 Å². The van der Waals surface area contributed by atoms with Gasteiger partial charge in [0.05, 0.1) is 11.6 Å². The zero-order valence-corrected chi connectivity index (χ0v) is 19.0. The SMILES string of the molecule is CC(C)N1CCC(NC(=O)c2cc3ccccc3n2CC(=O)Nc2ccc(C#N)cc2)CC1. The topological polar surface area (TPSA) is 90.2 Å². The van der Waals surface area contributed by atoms with Crippen molar-refractivity contribution in [3.8, 4) is 6.07 Å². The van der Waals surface area contributed by atoms with E-state index in [1.165, 1.54) is 0 Å². The van der Waals surface area contributed by atoms with Crippen molar-refractivity contribution in [1.29, 1.82) is 5.26 Å². The Labute approximate surface area is 194 Å². The second kappa shape index (κ2) is 9.88. The van der Waals surface area contributed by atoms with Crippen molar-refractivity contribution in [3.63, 3.8) is 0 Å². The summed E-state index contributed by atoms with van der Waals surface area (Å²) in [6.45, 7) is 6.35. The van der Waals surface area contributed by atoms with Gasteiger partial charge in [0.1, 0.15) is 12.2 Å². The van der Waals surface area contributed by atoms with Crippen molar-refractivity contribution < 1.29 is 9.59 Å². The molecule has 0 unspecified atom stereocenters. The summed E-state index contributed by atoms with van der Waals surface area (Å²) < 4.78 is 1.77. The van der Waals surface area contributed by atoms with Gasteiger partial charge >= 0.3 is 0 Å². The molecule has 1 aliphatic heterocycles. The van der Waals surface area contributed by atoms with E-state index in [0.717, 1.165) is 36.8 Å².